The van der Waals surface area contributed by atoms with Gasteiger partial charge in [0.25, 0.3) is 0 Å². The monoisotopic (exact) mass is 905 g/mol. The Hall–Kier alpha value is -3.41. The quantitative estimate of drug-likeness (QED) is 0.0262. The van der Waals surface area contributed by atoms with Crippen LogP contribution in [0.15, 0.2) is 85.1 Å². The number of esters is 3. The second-order valence-electron chi connectivity index (χ2n) is 17.8. The lowest BCUT2D eigenvalue weighted by molar-refractivity contribution is -0.166. The molecule has 0 rings (SSSR count). The van der Waals surface area contributed by atoms with Crippen molar-refractivity contribution in [3.63, 3.8) is 0 Å². The largest absolute Gasteiger partial charge is 0.462 e. The molecule has 0 radical (unpaired) electrons. The van der Waals surface area contributed by atoms with Crippen LogP contribution in [0.4, 0.5) is 0 Å². The van der Waals surface area contributed by atoms with E-state index in [0.29, 0.717) is 19.3 Å². The third-order valence-electron chi connectivity index (χ3n) is 11.4. The molecule has 0 heterocycles. The minimum Gasteiger partial charge on any atom is -0.462 e. The highest BCUT2D eigenvalue weighted by Gasteiger charge is 2.19. The molecule has 0 amide bonds. The van der Waals surface area contributed by atoms with Crippen LogP contribution in [0.3, 0.4) is 0 Å². The number of carbonyl (C=O) groups is 3. The lowest BCUT2D eigenvalue weighted by Crippen LogP contribution is -2.30. The summed E-state index contributed by atoms with van der Waals surface area (Å²) in [5.74, 6) is -0.994. The van der Waals surface area contributed by atoms with E-state index in [1.807, 2.05) is 12.2 Å². The SMILES string of the molecule is CC/C=C\C/C=C\C/C=C\C/C=C\CCC(=O)OC(COC(=O)CCCCCCCCCCC)COC(=O)CCCCCCCCCCCC/C=C\C/C=C\C/C=C\CCCCCCC. The van der Waals surface area contributed by atoms with Crippen molar-refractivity contribution in [2.75, 3.05) is 13.2 Å². The fourth-order valence-corrected chi connectivity index (χ4v) is 7.35. The van der Waals surface area contributed by atoms with E-state index in [0.717, 1.165) is 77.0 Å². The molecule has 0 aliphatic heterocycles. The Kier molecular flexibility index (Phi) is 50.4. The van der Waals surface area contributed by atoms with Gasteiger partial charge >= 0.3 is 17.9 Å². The van der Waals surface area contributed by atoms with Crippen LogP contribution in [0.1, 0.15) is 252 Å². The zero-order valence-corrected chi connectivity index (χ0v) is 42.5. The molecule has 0 aliphatic carbocycles. The van der Waals surface area contributed by atoms with E-state index in [1.54, 1.807) is 0 Å². The van der Waals surface area contributed by atoms with Gasteiger partial charge in [-0.2, -0.15) is 0 Å². The summed E-state index contributed by atoms with van der Waals surface area (Å²) in [4.78, 5) is 37.9. The van der Waals surface area contributed by atoms with Gasteiger partial charge < -0.3 is 14.2 Å². The Morgan fingerprint density at radius 2 is 0.631 bits per heavy atom. The Morgan fingerprint density at radius 1 is 0.323 bits per heavy atom. The summed E-state index contributed by atoms with van der Waals surface area (Å²) in [6, 6.07) is 0. The van der Waals surface area contributed by atoms with Crippen LogP contribution in [0.25, 0.3) is 0 Å². The molecule has 1 atom stereocenters. The van der Waals surface area contributed by atoms with E-state index in [4.69, 9.17) is 14.2 Å². The van der Waals surface area contributed by atoms with Crippen LogP contribution in [-0.4, -0.2) is 37.2 Å². The number of unbranched alkanes of at least 4 members (excludes halogenated alkanes) is 23. The molecule has 0 aromatic heterocycles. The minimum absolute atomic E-state index is 0.105. The van der Waals surface area contributed by atoms with Crippen molar-refractivity contribution in [1.82, 2.24) is 0 Å². The van der Waals surface area contributed by atoms with Crippen molar-refractivity contribution in [3.05, 3.63) is 85.1 Å². The van der Waals surface area contributed by atoms with Gasteiger partial charge in [0.1, 0.15) is 13.2 Å². The van der Waals surface area contributed by atoms with Gasteiger partial charge in [0.05, 0.1) is 0 Å². The molecule has 0 aromatic carbocycles. The summed E-state index contributed by atoms with van der Waals surface area (Å²) >= 11 is 0. The van der Waals surface area contributed by atoms with E-state index >= 15 is 0 Å². The van der Waals surface area contributed by atoms with E-state index in [9.17, 15) is 14.4 Å². The van der Waals surface area contributed by atoms with Crippen LogP contribution in [-0.2, 0) is 28.6 Å². The lowest BCUT2D eigenvalue weighted by Gasteiger charge is -2.18. The summed E-state index contributed by atoms with van der Waals surface area (Å²) in [6.07, 6.45) is 68.9. The zero-order valence-electron chi connectivity index (χ0n) is 42.5. The molecular weight excluding hydrogens is 805 g/mol. The van der Waals surface area contributed by atoms with E-state index in [2.05, 4.69) is 93.7 Å². The van der Waals surface area contributed by atoms with E-state index < -0.39 is 12.1 Å². The fraction of sp³-hybridized carbons (Fsp3) is 0.712. The predicted octanol–water partition coefficient (Wildman–Crippen LogP) is 18.0. The third kappa shape index (κ3) is 51.4. The average molecular weight is 905 g/mol. The lowest BCUT2D eigenvalue weighted by atomic mass is 10.1. The van der Waals surface area contributed by atoms with Gasteiger partial charge in [0.2, 0.25) is 0 Å². The number of carbonyl (C=O) groups excluding carboxylic acids is 3. The topological polar surface area (TPSA) is 78.9 Å². The minimum atomic E-state index is -0.813. The van der Waals surface area contributed by atoms with Crippen LogP contribution in [0, 0.1) is 0 Å². The first-order valence-corrected chi connectivity index (χ1v) is 27.1. The van der Waals surface area contributed by atoms with Gasteiger partial charge in [-0.15, -0.1) is 0 Å². The van der Waals surface area contributed by atoms with Gasteiger partial charge in [-0.1, -0.05) is 234 Å². The summed E-state index contributed by atoms with van der Waals surface area (Å²) in [5, 5.41) is 0. The maximum atomic E-state index is 12.7. The van der Waals surface area contributed by atoms with E-state index in [-0.39, 0.29) is 31.6 Å². The van der Waals surface area contributed by atoms with Gasteiger partial charge in [0.15, 0.2) is 6.10 Å². The standard InChI is InChI=1S/C59H100O6/c1-4-7-10-13-16-19-21-23-24-25-26-27-28-29-30-31-32-33-34-36-37-40-43-46-49-52-58(61)64-55-56(54-63-57(60)51-48-45-42-39-18-15-12-9-6-3)65-59(62)53-50-47-44-41-38-35-22-20-17-14-11-8-5-2/h8,11,17,20-21,23,25-26,28-29,35,38,44,47,56H,4-7,9-10,12-16,18-19,22,24,27,30-34,36-37,39-43,45-46,48-55H2,1-3H3/b11-8-,20-17-,23-21-,26-25-,29-28-,38-35-,47-44-. The Labute approximate surface area is 401 Å². The van der Waals surface area contributed by atoms with Crippen molar-refractivity contribution in [3.8, 4) is 0 Å². The maximum Gasteiger partial charge on any atom is 0.306 e. The fourth-order valence-electron chi connectivity index (χ4n) is 7.35. The summed E-state index contributed by atoms with van der Waals surface area (Å²) in [6.45, 7) is 6.42. The molecule has 0 bridgehead atoms. The van der Waals surface area contributed by atoms with Crippen molar-refractivity contribution in [2.24, 2.45) is 0 Å². The van der Waals surface area contributed by atoms with Crippen molar-refractivity contribution < 1.29 is 28.6 Å². The molecular formula is C59H100O6. The van der Waals surface area contributed by atoms with Crippen molar-refractivity contribution >= 4 is 17.9 Å². The van der Waals surface area contributed by atoms with Crippen molar-refractivity contribution in [1.29, 1.82) is 0 Å². The third-order valence-corrected chi connectivity index (χ3v) is 11.4. The number of hydrogen-bond acceptors (Lipinski definition) is 6. The van der Waals surface area contributed by atoms with Crippen LogP contribution in [0.2, 0.25) is 0 Å². The highest BCUT2D eigenvalue weighted by Crippen LogP contribution is 2.14. The first-order valence-electron chi connectivity index (χ1n) is 27.1. The summed E-state index contributed by atoms with van der Waals surface area (Å²) in [7, 11) is 0. The average Bonchev–Trinajstić information content (AvgIpc) is 3.30. The molecule has 0 saturated carbocycles. The molecule has 65 heavy (non-hydrogen) atoms. The molecule has 6 heteroatoms. The summed E-state index contributed by atoms with van der Waals surface area (Å²) in [5.41, 5.74) is 0. The molecule has 0 aliphatic rings. The Morgan fingerprint density at radius 3 is 1.00 bits per heavy atom. The maximum absolute atomic E-state index is 12.7. The number of rotatable bonds is 48. The molecule has 372 valence electrons. The van der Waals surface area contributed by atoms with Crippen molar-refractivity contribution in [2.45, 2.75) is 258 Å². The van der Waals surface area contributed by atoms with Gasteiger partial charge in [-0.05, 0) is 83.5 Å². The van der Waals surface area contributed by atoms with Crippen LogP contribution >= 0.6 is 0 Å². The van der Waals surface area contributed by atoms with Crippen LogP contribution in [0.5, 0.6) is 0 Å². The number of allylic oxidation sites excluding steroid dienone is 14. The molecule has 0 saturated heterocycles. The zero-order chi connectivity index (χ0) is 47.2. The molecule has 0 aromatic rings. The van der Waals surface area contributed by atoms with Crippen LogP contribution < -0.4 is 0 Å². The highest BCUT2D eigenvalue weighted by atomic mass is 16.6. The molecule has 0 fully saturated rings. The summed E-state index contributed by atoms with van der Waals surface area (Å²) < 4.78 is 16.7. The van der Waals surface area contributed by atoms with Gasteiger partial charge in [-0.3, -0.25) is 14.4 Å². The molecule has 0 spiro atoms. The molecule has 6 nitrogen and oxygen atoms in total. The second kappa shape index (κ2) is 53.2. The Bertz CT molecular complexity index is 1270. The first-order chi connectivity index (χ1) is 32.0. The smallest absolute Gasteiger partial charge is 0.306 e. The normalized spacial score (nSPS) is 12.7. The Balaban J connectivity index is 4.27. The van der Waals surface area contributed by atoms with Gasteiger partial charge in [0, 0.05) is 19.3 Å². The van der Waals surface area contributed by atoms with Gasteiger partial charge in [-0.25, -0.2) is 0 Å². The predicted molar refractivity (Wildman–Crippen MR) is 279 cm³/mol. The number of hydrogen-bond donors (Lipinski definition) is 0. The second-order valence-corrected chi connectivity index (χ2v) is 17.8. The number of ether oxygens (including phenoxy) is 3. The van der Waals surface area contributed by atoms with E-state index in [1.165, 1.54) is 128 Å². The highest BCUT2D eigenvalue weighted by molar-refractivity contribution is 5.71. The first kappa shape index (κ1) is 61.6. The molecule has 1 unspecified atom stereocenters. The molecule has 0 N–H and O–H groups in total.